The molecule has 0 saturated heterocycles. The van der Waals surface area contributed by atoms with E-state index in [1.165, 1.54) is 0 Å². The molecule has 0 fully saturated rings. The van der Waals surface area contributed by atoms with E-state index in [9.17, 15) is 0 Å². The minimum Gasteiger partial charge on any atom is 0 e. The van der Waals surface area contributed by atoms with Gasteiger partial charge in [0.15, 0.2) is 0 Å². The van der Waals surface area contributed by atoms with Crippen LogP contribution in [0.2, 0.25) is 0 Å². The fraction of sp³-hybridized carbons (Fsp3) is 0. The molecule has 0 bridgehead atoms. The summed E-state index contributed by atoms with van der Waals surface area (Å²) in [6, 6.07) is 0. The van der Waals surface area contributed by atoms with Gasteiger partial charge in [-0.2, -0.15) is 0 Å². The molecular formula is H8Ca2FeMg2. The summed E-state index contributed by atoms with van der Waals surface area (Å²) in [4.78, 5) is 0. The van der Waals surface area contributed by atoms with Crippen LogP contribution in [-0.4, -0.2) is 122 Å². The first-order valence-electron chi connectivity index (χ1n) is 0. The largest absolute Gasteiger partial charge is 0.316 e. The summed E-state index contributed by atoms with van der Waals surface area (Å²) in [7, 11) is 0. The van der Waals surface area contributed by atoms with Gasteiger partial charge in [0.05, 0.1) is 0 Å². The Morgan fingerprint density at radius 3 is 0.600 bits per heavy atom. The molecule has 5 heavy (non-hydrogen) atoms. The summed E-state index contributed by atoms with van der Waals surface area (Å²) in [6.45, 7) is 0. The van der Waals surface area contributed by atoms with Crippen molar-refractivity contribution in [2.45, 2.75) is 0 Å². The standard InChI is InChI=1S/2Ca.Fe.2Mg.8H. The molecule has 5 heteroatoms. The maximum Gasteiger partial charge on any atom is 0.316 e. The van der Waals surface area contributed by atoms with Gasteiger partial charge in [-0.1, -0.05) is 0 Å². The van der Waals surface area contributed by atoms with E-state index in [1.54, 1.807) is 0 Å². The van der Waals surface area contributed by atoms with Crippen LogP contribution >= 0.6 is 0 Å². The number of rotatable bonds is 0. The molecule has 0 atom stereocenters. The molecule has 0 unspecified atom stereocenters. The normalized spacial score (nSPS) is 0. The van der Waals surface area contributed by atoms with Crippen LogP contribution < -0.4 is 0 Å². The Bertz CT molecular complexity index is 7.61. The minimum atomic E-state index is 0. The molecule has 0 aliphatic carbocycles. The molecule has 0 aliphatic rings. The molecule has 24 valence electrons. The summed E-state index contributed by atoms with van der Waals surface area (Å²) in [6.07, 6.45) is 0. The van der Waals surface area contributed by atoms with Crippen LogP contribution in [0.3, 0.4) is 0 Å². The molecule has 0 nitrogen and oxygen atoms in total. The molecule has 0 aromatic rings. The molecule has 0 heterocycles. The zero-order valence-electron chi connectivity index (χ0n) is 0.354. The van der Waals surface area contributed by atoms with Crippen LogP contribution in [0.4, 0.5) is 0 Å². The second kappa shape index (κ2) is 23.5. The quantitative estimate of drug-likeness (QED) is 0.347. The van der Waals surface area contributed by atoms with Gasteiger partial charge < -0.3 is 0 Å². The third-order valence-electron chi connectivity index (χ3n) is 0. The number of hydrogen-bond donors (Lipinski definition) is 0. The fourth-order valence-electron chi connectivity index (χ4n) is 0. The summed E-state index contributed by atoms with van der Waals surface area (Å²) in [5.74, 6) is 0. The maximum atomic E-state index is 0. The summed E-state index contributed by atoms with van der Waals surface area (Å²) < 4.78 is 0. The SMILES string of the molecule is [CaH2].[CaH2].[Fe].[MgH2].[MgH2]. The molecule has 0 N–H and O–H groups in total. The first-order chi connectivity index (χ1) is 0. The van der Waals surface area contributed by atoms with Crippen LogP contribution in [0, 0.1) is 0 Å². The van der Waals surface area contributed by atoms with Gasteiger partial charge >= 0.3 is 122 Å². The van der Waals surface area contributed by atoms with Gasteiger partial charge in [0.1, 0.15) is 0 Å². The van der Waals surface area contributed by atoms with Gasteiger partial charge in [-0.3, -0.25) is 0 Å². The average molecular weight is 193 g/mol. The summed E-state index contributed by atoms with van der Waals surface area (Å²) in [5, 5.41) is 0. The Balaban J connectivity index is 0. The van der Waals surface area contributed by atoms with Crippen LogP contribution in [-0.2, 0) is 17.1 Å². The maximum absolute atomic E-state index is 0. The molecule has 0 spiro atoms. The Labute approximate surface area is 135 Å². The van der Waals surface area contributed by atoms with Gasteiger partial charge in [-0.05, 0) is 0 Å². The second-order valence-corrected chi connectivity index (χ2v) is 0. The van der Waals surface area contributed by atoms with E-state index in [1.807, 2.05) is 0 Å². The Kier molecular flexibility index (Phi) is 158. The van der Waals surface area contributed by atoms with Gasteiger partial charge in [0, 0.05) is 17.1 Å². The Morgan fingerprint density at radius 1 is 0.600 bits per heavy atom. The van der Waals surface area contributed by atoms with E-state index in [4.69, 9.17) is 0 Å². The van der Waals surface area contributed by atoms with Gasteiger partial charge in [-0.15, -0.1) is 0 Å². The van der Waals surface area contributed by atoms with Crippen molar-refractivity contribution in [3.63, 3.8) is 0 Å². The van der Waals surface area contributed by atoms with Crippen LogP contribution in [0.1, 0.15) is 0 Å². The number of hydrogen-bond acceptors (Lipinski definition) is 0. The third-order valence-corrected chi connectivity index (χ3v) is 0. The molecule has 0 saturated carbocycles. The average Bonchev–Trinajstić information content (AvgIpc) is 0. The van der Waals surface area contributed by atoms with Gasteiger partial charge in [-0.25, -0.2) is 0 Å². The second-order valence-electron chi connectivity index (χ2n) is 0. The van der Waals surface area contributed by atoms with Crippen molar-refractivity contribution in [3.8, 4) is 0 Å². The molecule has 0 aromatic carbocycles. The van der Waals surface area contributed by atoms with E-state index in [0.29, 0.717) is 0 Å². The topological polar surface area (TPSA) is 0 Å². The van der Waals surface area contributed by atoms with E-state index in [-0.39, 0.29) is 139 Å². The third kappa shape index (κ3) is 17.7. The zero-order chi connectivity index (χ0) is 0. The van der Waals surface area contributed by atoms with E-state index < -0.39 is 0 Å². The first-order valence-corrected chi connectivity index (χ1v) is 0. The van der Waals surface area contributed by atoms with Crippen molar-refractivity contribution in [1.82, 2.24) is 0 Å². The van der Waals surface area contributed by atoms with E-state index in [2.05, 4.69) is 0 Å². The predicted octanol–water partition coefficient (Wildman–Crippen LogP) is -3.67. The summed E-state index contributed by atoms with van der Waals surface area (Å²) >= 11 is 0. The fourth-order valence-corrected chi connectivity index (χ4v) is 0. The first kappa shape index (κ1) is 33.6. The smallest absolute Gasteiger partial charge is 0 e. The monoisotopic (exact) mass is 192 g/mol. The van der Waals surface area contributed by atoms with Crippen molar-refractivity contribution < 1.29 is 17.1 Å². The Hall–Kier alpha value is 4.57. The Morgan fingerprint density at radius 2 is 0.600 bits per heavy atom. The van der Waals surface area contributed by atoms with Gasteiger partial charge in [0.25, 0.3) is 0 Å². The van der Waals surface area contributed by atoms with Crippen molar-refractivity contribution in [2.24, 2.45) is 0 Å². The van der Waals surface area contributed by atoms with Crippen molar-refractivity contribution in [3.05, 3.63) is 0 Å². The molecular weight excluding hydrogens is 185 g/mol. The van der Waals surface area contributed by atoms with Crippen LogP contribution in [0.5, 0.6) is 0 Å². The zero-order valence-corrected chi connectivity index (χ0v) is 1.46. The van der Waals surface area contributed by atoms with Crippen molar-refractivity contribution in [1.29, 1.82) is 0 Å². The van der Waals surface area contributed by atoms with Crippen molar-refractivity contribution in [2.75, 3.05) is 0 Å². The van der Waals surface area contributed by atoms with Crippen LogP contribution in [0.25, 0.3) is 0 Å². The van der Waals surface area contributed by atoms with Crippen LogP contribution in [0.15, 0.2) is 0 Å². The predicted molar refractivity (Wildman–Crippen MR) is 34.2 cm³/mol. The molecule has 0 aliphatic heterocycles. The minimum absolute atomic E-state index is 0. The molecule has 0 rings (SSSR count). The molecule has 0 radical (unpaired) electrons. The van der Waals surface area contributed by atoms with E-state index in [0.717, 1.165) is 0 Å². The van der Waals surface area contributed by atoms with Crippen molar-refractivity contribution >= 4 is 122 Å². The molecule has 0 aromatic heterocycles. The van der Waals surface area contributed by atoms with E-state index >= 15 is 0 Å². The summed E-state index contributed by atoms with van der Waals surface area (Å²) in [5.41, 5.74) is 0. The van der Waals surface area contributed by atoms with Gasteiger partial charge in [0.2, 0.25) is 0 Å². The molecule has 0 amide bonds.